The number of para-hydroxylation sites is 1. The zero-order valence-electron chi connectivity index (χ0n) is 12.3. The maximum Gasteiger partial charge on any atom is 0.226 e. The molecule has 0 spiro atoms. The van der Waals surface area contributed by atoms with Crippen molar-refractivity contribution in [3.8, 4) is 0 Å². The van der Waals surface area contributed by atoms with Gasteiger partial charge in [0.1, 0.15) is 5.69 Å². The Labute approximate surface area is 131 Å². The van der Waals surface area contributed by atoms with E-state index in [2.05, 4.69) is 15.6 Å². The van der Waals surface area contributed by atoms with Crippen molar-refractivity contribution in [3.05, 3.63) is 66.1 Å². The molecular weight excluding hydrogens is 292 g/mol. The van der Waals surface area contributed by atoms with Crippen molar-refractivity contribution in [1.29, 1.82) is 0 Å². The summed E-state index contributed by atoms with van der Waals surface area (Å²) >= 11 is 0. The number of nitrogens with one attached hydrogen (secondary N) is 1. The van der Waals surface area contributed by atoms with Crippen LogP contribution < -0.4 is 5.32 Å². The first-order valence-corrected chi connectivity index (χ1v) is 7.33. The molecule has 0 saturated carbocycles. The molecule has 6 nitrogen and oxygen atoms in total. The maximum absolute atomic E-state index is 12.1. The van der Waals surface area contributed by atoms with Crippen LogP contribution in [0.25, 0.3) is 16.5 Å². The van der Waals surface area contributed by atoms with E-state index in [0.29, 0.717) is 17.8 Å². The average molecular weight is 306 g/mol. The largest absolute Gasteiger partial charge is 0.356 e. The number of nitrogens with zero attached hydrogens (tertiary/aromatic N) is 3. The smallest absolute Gasteiger partial charge is 0.226 e. The van der Waals surface area contributed by atoms with Crippen molar-refractivity contribution in [3.63, 3.8) is 0 Å². The molecule has 0 radical (unpaired) electrons. The standard InChI is InChI=1S/C17H14N4O2/c22-17(10-15-14-6-1-2-7-16(14)23-20-15)18-11-12-9-13-5-3-4-8-21(13)19-12/h1-9H,10-11H2,(H,18,22). The van der Waals surface area contributed by atoms with Crippen LogP contribution in [0.1, 0.15) is 11.4 Å². The zero-order valence-corrected chi connectivity index (χ0v) is 12.3. The van der Waals surface area contributed by atoms with Crippen LogP contribution in [-0.4, -0.2) is 20.7 Å². The fourth-order valence-electron chi connectivity index (χ4n) is 2.55. The number of fused-ring (bicyclic) bond motifs is 2. The summed E-state index contributed by atoms with van der Waals surface area (Å²) in [6, 6.07) is 15.3. The summed E-state index contributed by atoms with van der Waals surface area (Å²) in [6.07, 6.45) is 2.06. The molecular formula is C17H14N4O2. The molecule has 3 aromatic heterocycles. The number of carbonyl (C=O) groups is 1. The monoisotopic (exact) mass is 306 g/mol. The van der Waals surface area contributed by atoms with E-state index in [-0.39, 0.29) is 12.3 Å². The Kier molecular flexibility index (Phi) is 3.27. The molecule has 23 heavy (non-hydrogen) atoms. The molecule has 1 aromatic carbocycles. The minimum Gasteiger partial charge on any atom is -0.356 e. The van der Waals surface area contributed by atoms with Crippen molar-refractivity contribution in [2.75, 3.05) is 0 Å². The third-order valence-corrected chi connectivity index (χ3v) is 3.67. The van der Waals surface area contributed by atoms with Gasteiger partial charge in [0.15, 0.2) is 5.58 Å². The molecule has 114 valence electrons. The number of carbonyl (C=O) groups excluding carboxylic acids is 1. The molecule has 4 aromatic rings. The minimum absolute atomic E-state index is 0.110. The van der Waals surface area contributed by atoms with Gasteiger partial charge in [-0.3, -0.25) is 4.79 Å². The van der Waals surface area contributed by atoms with Crippen LogP contribution in [0, 0.1) is 0 Å². The van der Waals surface area contributed by atoms with E-state index in [1.807, 2.05) is 54.7 Å². The third kappa shape index (κ3) is 2.66. The van der Waals surface area contributed by atoms with E-state index in [0.717, 1.165) is 16.6 Å². The average Bonchev–Trinajstić information content (AvgIpc) is 3.17. The number of pyridine rings is 1. The van der Waals surface area contributed by atoms with Gasteiger partial charge in [-0.15, -0.1) is 0 Å². The molecule has 3 heterocycles. The van der Waals surface area contributed by atoms with Crippen molar-refractivity contribution in [1.82, 2.24) is 20.1 Å². The summed E-state index contributed by atoms with van der Waals surface area (Å²) in [7, 11) is 0. The van der Waals surface area contributed by atoms with E-state index < -0.39 is 0 Å². The van der Waals surface area contributed by atoms with Gasteiger partial charge in [0, 0.05) is 11.6 Å². The Morgan fingerprint density at radius 1 is 1.17 bits per heavy atom. The van der Waals surface area contributed by atoms with Crippen molar-refractivity contribution in [2.24, 2.45) is 0 Å². The summed E-state index contributed by atoms with van der Waals surface area (Å²) < 4.78 is 6.99. The van der Waals surface area contributed by atoms with E-state index >= 15 is 0 Å². The van der Waals surface area contributed by atoms with Crippen molar-refractivity contribution < 1.29 is 9.32 Å². The number of rotatable bonds is 4. The third-order valence-electron chi connectivity index (χ3n) is 3.67. The molecule has 4 rings (SSSR count). The second-order valence-corrected chi connectivity index (χ2v) is 5.28. The highest BCUT2D eigenvalue weighted by Crippen LogP contribution is 2.18. The maximum atomic E-state index is 12.1. The summed E-state index contributed by atoms with van der Waals surface area (Å²) in [6.45, 7) is 0.385. The summed E-state index contributed by atoms with van der Waals surface area (Å²) in [5.41, 5.74) is 3.15. The van der Waals surface area contributed by atoms with Crippen LogP contribution in [0.5, 0.6) is 0 Å². The van der Waals surface area contributed by atoms with Crippen LogP contribution in [0.4, 0.5) is 0 Å². The second-order valence-electron chi connectivity index (χ2n) is 5.28. The Morgan fingerprint density at radius 3 is 2.96 bits per heavy atom. The van der Waals surface area contributed by atoms with Gasteiger partial charge in [-0.1, -0.05) is 23.4 Å². The Balaban J connectivity index is 1.43. The molecule has 1 N–H and O–H groups in total. The topological polar surface area (TPSA) is 72.4 Å². The van der Waals surface area contributed by atoms with Crippen LogP contribution >= 0.6 is 0 Å². The number of aromatic nitrogens is 3. The Hall–Kier alpha value is -3.15. The summed E-state index contributed by atoms with van der Waals surface area (Å²) in [5, 5.41) is 12.1. The highest BCUT2D eigenvalue weighted by atomic mass is 16.5. The predicted molar refractivity (Wildman–Crippen MR) is 84.8 cm³/mol. The highest BCUT2D eigenvalue weighted by molar-refractivity contribution is 5.86. The van der Waals surface area contributed by atoms with Gasteiger partial charge in [-0.05, 0) is 30.3 Å². The van der Waals surface area contributed by atoms with Crippen molar-refractivity contribution >= 4 is 22.4 Å². The van der Waals surface area contributed by atoms with Gasteiger partial charge in [0.2, 0.25) is 5.91 Å². The molecule has 6 heteroatoms. The molecule has 0 saturated heterocycles. The summed E-state index contributed by atoms with van der Waals surface area (Å²) in [4.78, 5) is 12.1. The number of benzene rings is 1. The minimum atomic E-state index is -0.110. The van der Waals surface area contributed by atoms with E-state index in [9.17, 15) is 4.79 Å². The first-order valence-electron chi connectivity index (χ1n) is 7.33. The number of amides is 1. The van der Waals surface area contributed by atoms with Gasteiger partial charge in [-0.2, -0.15) is 5.10 Å². The van der Waals surface area contributed by atoms with E-state index in [1.54, 1.807) is 4.52 Å². The van der Waals surface area contributed by atoms with Gasteiger partial charge < -0.3 is 9.84 Å². The van der Waals surface area contributed by atoms with Gasteiger partial charge >= 0.3 is 0 Å². The molecule has 0 bridgehead atoms. The molecule has 0 aliphatic heterocycles. The fourth-order valence-corrected chi connectivity index (χ4v) is 2.55. The highest BCUT2D eigenvalue weighted by Gasteiger charge is 2.12. The predicted octanol–water partition coefficient (Wildman–Crippen LogP) is 2.33. The van der Waals surface area contributed by atoms with Gasteiger partial charge in [0.05, 0.1) is 24.2 Å². The Bertz CT molecular complexity index is 953. The van der Waals surface area contributed by atoms with Crippen LogP contribution in [-0.2, 0) is 17.8 Å². The molecule has 0 aliphatic carbocycles. The van der Waals surface area contributed by atoms with Gasteiger partial charge in [0.25, 0.3) is 0 Å². The number of hydrogen-bond acceptors (Lipinski definition) is 4. The lowest BCUT2D eigenvalue weighted by Crippen LogP contribution is -2.25. The first kappa shape index (κ1) is 13.5. The lowest BCUT2D eigenvalue weighted by Gasteiger charge is -2.01. The van der Waals surface area contributed by atoms with E-state index in [1.165, 1.54) is 0 Å². The number of hydrogen-bond donors (Lipinski definition) is 1. The van der Waals surface area contributed by atoms with Crippen LogP contribution in [0.3, 0.4) is 0 Å². The summed E-state index contributed by atoms with van der Waals surface area (Å²) in [5.74, 6) is -0.110. The lowest BCUT2D eigenvalue weighted by molar-refractivity contribution is -0.120. The quantitative estimate of drug-likeness (QED) is 0.628. The molecule has 1 amide bonds. The fraction of sp³-hybridized carbons (Fsp3) is 0.118. The van der Waals surface area contributed by atoms with Crippen LogP contribution in [0.2, 0.25) is 0 Å². The normalized spacial score (nSPS) is 11.1. The molecule has 0 atom stereocenters. The Morgan fingerprint density at radius 2 is 2.04 bits per heavy atom. The molecule has 0 fully saturated rings. The van der Waals surface area contributed by atoms with E-state index in [4.69, 9.17) is 4.52 Å². The van der Waals surface area contributed by atoms with Crippen LogP contribution in [0.15, 0.2) is 59.3 Å². The second kappa shape index (κ2) is 5.57. The SMILES string of the molecule is O=C(Cc1noc2ccccc12)NCc1cc2ccccn2n1. The lowest BCUT2D eigenvalue weighted by atomic mass is 10.1. The molecule has 0 aliphatic rings. The zero-order chi connectivity index (χ0) is 15.6. The molecule has 0 unspecified atom stereocenters. The van der Waals surface area contributed by atoms with Crippen molar-refractivity contribution in [2.45, 2.75) is 13.0 Å². The first-order chi connectivity index (χ1) is 11.3. The van der Waals surface area contributed by atoms with Gasteiger partial charge in [-0.25, -0.2) is 4.52 Å².